The van der Waals surface area contributed by atoms with Crippen molar-refractivity contribution in [2.24, 2.45) is 5.92 Å². The van der Waals surface area contributed by atoms with E-state index in [9.17, 15) is 9.18 Å². The number of halogens is 1. The molecule has 3 rings (SSSR count). The van der Waals surface area contributed by atoms with E-state index in [-0.39, 0.29) is 11.8 Å². The van der Waals surface area contributed by atoms with E-state index < -0.39 is 0 Å². The topological polar surface area (TPSA) is 35.6 Å². The van der Waals surface area contributed by atoms with Crippen LogP contribution in [0.2, 0.25) is 0 Å². The average Bonchev–Trinajstić information content (AvgIpc) is 2.96. The Morgan fingerprint density at radius 2 is 2.00 bits per heavy atom. The Morgan fingerprint density at radius 3 is 2.74 bits per heavy atom. The highest BCUT2D eigenvalue weighted by Gasteiger charge is 2.28. The van der Waals surface area contributed by atoms with Gasteiger partial charge in [-0.05, 0) is 69.0 Å². The van der Waals surface area contributed by atoms with E-state index in [4.69, 9.17) is 0 Å². The summed E-state index contributed by atoms with van der Waals surface area (Å²) in [5, 5.41) is 2.82. The minimum Gasteiger partial charge on any atom is -0.324 e. The summed E-state index contributed by atoms with van der Waals surface area (Å²) in [6.45, 7) is 6.91. The van der Waals surface area contributed by atoms with Crippen molar-refractivity contribution in [3.05, 3.63) is 29.6 Å². The molecule has 1 aromatic carbocycles. The molecule has 23 heavy (non-hydrogen) atoms. The molecular weight excluding hydrogens is 293 g/mol. The number of urea groups is 1. The molecule has 0 saturated carbocycles. The summed E-state index contributed by atoms with van der Waals surface area (Å²) in [6.07, 6.45) is 5.01. The monoisotopic (exact) mass is 319 g/mol. The maximum absolute atomic E-state index is 13.4. The third kappa shape index (κ3) is 4.44. The molecule has 2 heterocycles. The summed E-state index contributed by atoms with van der Waals surface area (Å²) >= 11 is 0. The Balaban J connectivity index is 1.50. The van der Waals surface area contributed by atoms with Crippen LogP contribution in [0.4, 0.5) is 14.9 Å². The van der Waals surface area contributed by atoms with Gasteiger partial charge in [-0.3, -0.25) is 0 Å². The fourth-order valence-electron chi connectivity index (χ4n) is 3.68. The minimum atomic E-state index is -0.315. The van der Waals surface area contributed by atoms with Crippen molar-refractivity contribution in [3.8, 4) is 0 Å². The van der Waals surface area contributed by atoms with Crippen LogP contribution in [0.25, 0.3) is 0 Å². The van der Waals surface area contributed by atoms with Gasteiger partial charge in [0.05, 0.1) is 0 Å². The fraction of sp³-hybridized carbons (Fsp3) is 0.611. The van der Waals surface area contributed by atoms with Crippen LogP contribution in [0, 0.1) is 18.7 Å². The first-order chi connectivity index (χ1) is 11.1. The molecule has 2 fully saturated rings. The lowest BCUT2D eigenvalue weighted by atomic mass is 10.1. The number of likely N-dealkylation sites (tertiary alicyclic amines) is 2. The van der Waals surface area contributed by atoms with Gasteiger partial charge in [-0.25, -0.2) is 9.18 Å². The van der Waals surface area contributed by atoms with Gasteiger partial charge in [0.1, 0.15) is 5.82 Å². The number of anilines is 1. The number of nitrogens with zero attached hydrogens (tertiary/aromatic N) is 2. The smallest absolute Gasteiger partial charge is 0.321 e. The molecule has 0 spiro atoms. The van der Waals surface area contributed by atoms with Crippen molar-refractivity contribution >= 4 is 11.7 Å². The van der Waals surface area contributed by atoms with E-state index in [1.54, 1.807) is 6.07 Å². The molecule has 5 heteroatoms. The first kappa shape index (κ1) is 16.2. The predicted molar refractivity (Wildman–Crippen MR) is 90.1 cm³/mol. The number of piperidine rings is 1. The summed E-state index contributed by atoms with van der Waals surface area (Å²) in [7, 11) is 0. The van der Waals surface area contributed by atoms with Crippen LogP contribution in [0.15, 0.2) is 18.2 Å². The van der Waals surface area contributed by atoms with E-state index in [0.29, 0.717) is 11.6 Å². The summed E-state index contributed by atoms with van der Waals surface area (Å²) in [4.78, 5) is 16.7. The molecule has 2 saturated heterocycles. The number of carbonyl (C=O) groups is 1. The molecule has 2 aliphatic heterocycles. The maximum Gasteiger partial charge on any atom is 0.321 e. The predicted octanol–water partition coefficient (Wildman–Crippen LogP) is 3.47. The summed E-state index contributed by atoms with van der Waals surface area (Å²) in [6, 6.07) is 4.50. The highest BCUT2D eigenvalue weighted by Crippen LogP contribution is 2.21. The first-order valence-electron chi connectivity index (χ1n) is 8.65. The van der Waals surface area contributed by atoms with Crippen molar-refractivity contribution in [2.75, 3.05) is 38.0 Å². The molecule has 2 amide bonds. The summed E-state index contributed by atoms with van der Waals surface area (Å²) in [5.74, 6) is 0.248. The molecule has 0 bridgehead atoms. The van der Waals surface area contributed by atoms with Crippen molar-refractivity contribution in [2.45, 2.75) is 32.6 Å². The number of hydrogen-bond donors (Lipinski definition) is 1. The SMILES string of the molecule is Cc1cc(F)cc(NC(=O)N2CCC(CN3CCCCC3)C2)c1. The van der Waals surface area contributed by atoms with Gasteiger partial charge in [-0.15, -0.1) is 0 Å². The molecule has 2 aliphatic rings. The lowest BCUT2D eigenvalue weighted by Crippen LogP contribution is -2.37. The summed E-state index contributed by atoms with van der Waals surface area (Å²) in [5.41, 5.74) is 1.34. The lowest BCUT2D eigenvalue weighted by Gasteiger charge is -2.29. The van der Waals surface area contributed by atoms with Gasteiger partial charge in [-0.2, -0.15) is 0 Å². The molecule has 1 unspecified atom stereocenters. The number of hydrogen-bond acceptors (Lipinski definition) is 2. The molecule has 1 atom stereocenters. The van der Waals surface area contributed by atoms with E-state index in [1.807, 2.05) is 11.8 Å². The van der Waals surface area contributed by atoms with Crippen LogP contribution >= 0.6 is 0 Å². The van der Waals surface area contributed by atoms with Gasteiger partial charge < -0.3 is 15.1 Å². The van der Waals surface area contributed by atoms with Crippen molar-refractivity contribution in [1.29, 1.82) is 0 Å². The lowest BCUT2D eigenvalue weighted by molar-refractivity contribution is 0.192. The molecule has 126 valence electrons. The molecule has 1 N–H and O–H groups in total. The number of nitrogens with one attached hydrogen (secondary N) is 1. The van der Waals surface area contributed by atoms with Crippen LogP contribution in [0.1, 0.15) is 31.2 Å². The van der Waals surface area contributed by atoms with Crippen LogP contribution in [-0.2, 0) is 0 Å². The van der Waals surface area contributed by atoms with Crippen LogP contribution in [0.5, 0.6) is 0 Å². The zero-order chi connectivity index (χ0) is 16.2. The van der Waals surface area contributed by atoms with Crippen molar-refractivity contribution in [3.63, 3.8) is 0 Å². The third-order valence-electron chi connectivity index (χ3n) is 4.83. The van der Waals surface area contributed by atoms with Crippen LogP contribution in [-0.4, -0.2) is 48.6 Å². The van der Waals surface area contributed by atoms with Gasteiger partial charge in [-0.1, -0.05) is 6.42 Å². The molecule has 0 radical (unpaired) electrons. The van der Waals surface area contributed by atoms with E-state index in [0.717, 1.165) is 31.6 Å². The number of amides is 2. The van der Waals surface area contributed by atoms with E-state index >= 15 is 0 Å². The third-order valence-corrected chi connectivity index (χ3v) is 4.83. The number of rotatable bonds is 3. The van der Waals surface area contributed by atoms with E-state index in [2.05, 4.69) is 10.2 Å². The Labute approximate surface area is 137 Å². The second-order valence-corrected chi connectivity index (χ2v) is 6.91. The second kappa shape index (κ2) is 7.30. The van der Waals surface area contributed by atoms with Crippen molar-refractivity contribution in [1.82, 2.24) is 9.80 Å². The largest absolute Gasteiger partial charge is 0.324 e. The Kier molecular flexibility index (Phi) is 5.16. The number of carbonyl (C=O) groups excluding carboxylic acids is 1. The fourth-order valence-corrected chi connectivity index (χ4v) is 3.68. The molecular formula is C18H26FN3O. The van der Waals surface area contributed by atoms with E-state index in [1.165, 1.54) is 44.5 Å². The Bertz CT molecular complexity index is 537. The average molecular weight is 319 g/mol. The Hall–Kier alpha value is -1.62. The van der Waals surface area contributed by atoms with Crippen LogP contribution < -0.4 is 5.32 Å². The van der Waals surface area contributed by atoms with Gasteiger partial charge >= 0.3 is 6.03 Å². The van der Waals surface area contributed by atoms with Crippen molar-refractivity contribution < 1.29 is 9.18 Å². The first-order valence-corrected chi connectivity index (χ1v) is 8.65. The quantitative estimate of drug-likeness (QED) is 0.926. The maximum atomic E-state index is 13.4. The standard InChI is InChI=1S/C18H26FN3O/c1-14-9-16(19)11-17(10-14)20-18(23)22-8-5-15(13-22)12-21-6-3-2-4-7-21/h9-11,15H,2-8,12-13H2,1H3,(H,20,23). The highest BCUT2D eigenvalue weighted by atomic mass is 19.1. The van der Waals surface area contributed by atoms with Gasteiger partial charge in [0.2, 0.25) is 0 Å². The number of aryl methyl sites for hydroxylation is 1. The number of benzene rings is 1. The minimum absolute atomic E-state index is 0.115. The molecule has 0 aliphatic carbocycles. The molecule has 0 aromatic heterocycles. The zero-order valence-corrected chi connectivity index (χ0v) is 13.9. The molecule has 1 aromatic rings. The highest BCUT2D eigenvalue weighted by molar-refractivity contribution is 5.89. The Morgan fingerprint density at radius 1 is 1.22 bits per heavy atom. The van der Waals surface area contributed by atoms with Gasteiger partial charge in [0.15, 0.2) is 0 Å². The normalized spacial score (nSPS) is 22.3. The second-order valence-electron chi connectivity index (χ2n) is 6.91. The molecule has 4 nitrogen and oxygen atoms in total. The summed E-state index contributed by atoms with van der Waals surface area (Å²) < 4.78 is 13.4. The van der Waals surface area contributed by atoms with Gasteiger partial charge in [0, 0.05) is 25.3 Å². The van der Waals surface area contributed by atoms with Gasteiger partial charge in [0.25, 0.3) is 0 Å². The van der Waals surface area contributed by atoms with Crippen LogP contribution in [0.3, 0.4) is 0 Å². The zero-order valence-electron chi connectivity index (χ0n) is 13.9.